The molecule has 3 aromatic carbocycles. The van der Waals surface area contributed by atoms with Gasteiger partial charge in [-0.15, -0.1) is 0 Å². The number of halogens is 3. The Labute approximate surface area is 226 Å². The second-order valence-electron chi connectivity index (χ2n) is 9.38. The van der Waals surface area contributed by atoms with Crippen LogP contribution in [0.4, 0.5) is 13.2 Å². The van der Waals surface area contributed by atoms with Gasteiger partial charge in [0.1, 0.15) is 23.1 Å². The highest BCUT2D eigenvalue weighted by atomic mass is 19.1. The fourth-order valence-electron chi connectivity index (χ4n) is 5.04. The normalized spacial score (nSPS) is 14.6. The summed E-state index contributed by atoms with van der Waals surface area (Å²) in [6.07, 6.45) is 3.86. The van der Waals surface area contributed by atoms with E-state index in [1.54, 1.807) is 13.1 Å². The van der Waals surface area contributed by atoms with Gasteiger partial charge in [0.2, 0.25) is 0 Å². The summed E-state index contributed by atoms with van der Waals surface area (Å²) in [6, 6.07) is 12.0. The van der Waals surface area contributed by atoms with Crippen molar-refractivity contribution in [3.05, 3.63) is 95.2 Å². The van der Waals surface area contributed by atoms with Crippen molar-refractivity contribution >= 4 is 16.9 Å². The molecule has 5 aromatic rings. The number of aromatic amines is 2. The molecule has 0 saturated heterocycles. The lowest BCUT2D eigenvalue weighted by molar-refractivity contribution is -0.142. The molecule has 3 heterocycles. The van der Waals surface area contributed by atoms with E-state index in [1.807, 2.05) is 18.2 Å². The predicted octanol–water partition coefficient (Wildman–Crippen LogP) is 6.79. The van der Waals surface area contributed by atoms with Crippen LogP contribution in [0.2, 0.25) is 0 Å². The van der Waals surface area contributed by atoms with Gasteiger partial charge in [0.05, 0.1) is 30.7 Å². The Morgan fingerprint density at radius 1 is 1.12 bits per heavy atom. The van der Waals surface area contributed by atoms with Crippen molar-refractivity contribution in [2.45, 2.75) is 25.7 Å². The number of carbonyl (C=O) groups excluding carboxylic acids is 1. The van der Waals surface area contributed by atoms with Gasteiger partial charge >= 0.3 is 5.97 Å². The smallest absolute Gasteiger partial charge is 0.310 e. The number of para-hydroxylation sites is 1. The van der Waals surface area contributed by atoms with E-state index < -0.39 is 23.2 Å². The van der Waals surface area contributed by atoms with Crippen LogP contribution in [0.15, 0.2) is 60.9 Å². The Balaban J connectivity index is 1.29. The Bertz CT molecular complexity index is 1730. The monoisotopic (exact) mass is 547 g/mol. The van der Waals surface area contributed by atoms with E-state index in [2.05, 4.69) is 15.0 Å². The van der Waals surface area contributed by atoms with Crippen molar-refractivity contribution in [2.24, 2.45) is 0 Å². The zero-order valence-electron chi connectivity index (χ0n) is 21.4. The number of esters is 1. The number of nitrogens with one attached hydrogen (secondary N) is 2. The van der Waals surface area contributed by atoms with Crippen LogP contribution in [0.25, 0.3) is 22.3 Å². The number of rotatable bonds is 7. The zero-order valence-corrected chi connectivity index (χ0v) is 21.4. The number of hydrogen-bond donors (Lipinski definition) is 2. The van der Waals surface area contributed by atoms with E-state index in [1.165, 1.54) is 24.4 Å². The molecule has 0 aliphatic carbocycles. The third kappa shape index (κ3) is 4.66. The van der Waals surface area contributed by atoms with E-state index in [4.69, 9.17) is 14.2 Å². The van der Waals surface area contributed by atoms with Gasteiger partial charge in [-0.25, -0.2) is 18.2 Å². The fourth-order valence-corrected chi connectivity index (χ4v) is 5.04. The minimum atomic E-state index is -0.890. The minimum Gasteiger partial charge on any atom is -0.493 e. The molecule has 0 amide bonds. The Morgan fingerprint density at radius 3 is 2.85 bits per heavy atom. The topological polar surface area (TPSA) is 89.2 Å². The SMILES string of the molecule is CCOC(=O)Cc1cccc2c1OCC[C@@H]2c1cnc(-c2cc(Oc3c(F)cc4[nH]ccc4c3F)ccc2F)[nH]1. The van der Waals surface area contributed by atoms with Gasteiger partial charge in [-0.1, -0.05) is 18.2 Å². The van der Waals surface area contributed by atoms with E-state index in [-0.39, 0.29) is 40.8 Å². The maximum Gasteiger partial charge on any atom is 0.310 e. The third-order valence-corrected chi connectivity index (χ3v) is 6.88. The summed E-state index contributed by atoms with van der Waals surface area (Å²) in [5.74, 6) is -2.48. The number of imidazole rings is 1. The van der Waals surface area contributed by atoms with Crippen LogP contribution in [-0.2, 0) is 16.0 Å². The van der Waals surface area contributed by atoms with E-state index >= 15 is 0 Å². The first-order valence-corrected chi connectivity index (χ1v) is 12.8. The largest absolute Gasteiger partial charge is 0.493 e. The lowest BCUT2D eigenvalue weighted by Gasteiger charge is -2.27. The average molecular weight is 548 g/mol. The molecule has 1 aliphatic rings. The maximum atomic E-state index is 14.9. The lowest BCUT2D eigenvalue weighted by atomic mass is 9.88. The van der Waals surface area contributed by atoms with Crippen LogP contribution in [0.1, 0.15) is 36.1 Å². The number of aromatic nitrogens is 3. The first-order chi connectivity index (χ1) is 19.4. The standard InChI is InChI=1S/C30H24F3N3O4/c1-2-38-26(37)12-16-4-3-5-19-18(9-11-39-28(16)19)25-15-35-30(36-25)21-13-17(6-7-22(21)31)40-29-23(32)14-24-20(27(29)33)8-10-34-24/h3-8,10,13-15,18,34H,2,9,11-12H2,1H3,(H,35,36)/t18-/m0/s1. The Hall–Kier alpha value is -4.73. The summed E-state index contributed by atoms with van der Waals surface area (Å²) in [7, 11) is 0. The number of benzene rings is 3. The zero-order chi connectivity index (χ0) is 27.8. The first-order valence-electron chi connectivity index (χ1n) is 12.8. The maximum absolute atomic E-state index is 14.9. The molecular weight excluding hydrogens is 523 g/mol. The number of carbonyl (C=O) groups is 1. The number of H-pyrrole nitrogens is 2. The molecule has 2 N–H and O–H groups in total. The van der Waals surface area contributed by atoms with Crippen molar-refractivity contribution in [3.8, 4) is 28.6 Å². The molecule has 204 valence electrons. The molecule has 0 saturated carbocycles. The highest BCUT2D eigenvalue weighted by molar-refractivity contribution is 5.82. The highest BCUT2D eigenvalue weighted by Gasteiger charge is 2.28. The Kier molecular flexibility index (Phi) is 6.67. The molecule has 10 heteroatoms. The van der Waals surface area contributed by atoms with Gasteiger partial charge in [-0.3, -0.25) is 4.79 Å². The number of ether oxygens (including phenoxy) is 3. The fraction of sp³-hybridized carbons (Fsp3) is 0.200. The quantitative estimate of drug-likeness (QED) is 0.219. The van der Waals surface area contributed by atoms with Crippen LogP contribution < -0.4 is 9.47 Å². The van der Waals surface area contributed by atoms with E-state index in [9.17, 15) is 18.0 Å². The first kappa shape index (κ1) is 25.5. The molecule has 6 rings (SSSR count). The lowest BCUT2D eigenvalue weighted by Crippen LogP contribution is -2.18. The molecule has 0 unspecified atom stereocenters. The molecule has 7 nitrogen and oxygen atoms in total. The summed E-state index contributed by atoms with van der Waals surface area (Å²) in [5.41, 5.74) is 2.72. The number of nitrogens with zero attached hydrogens (tertiary/aromatic N) is 1. The van der Waals surface area contributed by atoms with E-state index in [0.717, 1.165) is 29.0 Å². The molecule has 1 aliphatic heterocycles. The van der Waals surface area contributed by atoms with Crippen LogP contribution in [0, 0.1) is 17.5 Å². The molecule has 40 heavy (non-hydrogen) atoms. The van der Waals surface area contributed by atoms with Gasteiger partial charge < -0.3 is 24.2 Å². The van der Waals surface area contributed by atoms with Crippen LogP contribution in [0.5, 0.6) is 17.2 Å². The second-order valence-corrected chi connectivity index (χ2v) is 9.38. The molecule has 1 atom stereocenters. The van der Waals surface area contributed by atoms with Crippen molar-refractivity contribution < 1.29 is 32.2 Å². The molecule has 0 radical (unpaired) electrons. The van der Waals surface area contributed by atoms with Crippen molar-refractivity contribution in [2.75, 3.05) is 13.2 Å². The molecule has 0 fully saturated rings. The van der Waals surface area contributed by atoms with Crippen molar-refractivity contribution in [3.63, 3.8) is 0 Å². The van der Waals surface area contributed by atoms with Gasteiger partial charge in [0.25, 0.3) is 0 Å². The van der Waals surface area contributed by atoms with Crippen LogP contribution in [0.3, 0.4) is 0 Å². The summed E-state index contributed by atoms with van der Waals surface area (Å²) < 4.78 is 61.0. The summed E-state index contributed by atoms with van der Waals surface area (Å²) in [4.78, 5) is 22.4. The van der Waals surface area contributed by atoms with E-state index in [0.29, 0.717) is 30.9 Å². The molecule has 2 aromatic heterocycles. The predicted molar refractivity (Wildman–Crippen MR) is 141 cm³/mol. The molecule has 0 bridgehead atoms. The highest BCUT2D eigenvalue weighted by Crippen LogP contribution is 2.41. The molecule has 0 spiro atoms. The number of hydrogen-bond acceptors (Lipinski definition) is 5. The van der Waals surface area contributed by atoms with Gasteiger partial charge in [-0.2, -0.15) is 0 Å². The van der Waals surface area contributed by atoms with Crippen LogP contribution in [-0.4, -0.2) is 34.1 Å². The van der Waals surface area contributed by atoms with Crippen molar-refractivity contribution in [1.82, 2.24) is 15.0 Å². The summed E-state index contributed by atoms with van der Waals surface area (Å²) in [5, 5.41) is 0.177. The number of fused-ring (bicyclic) bond motifs is 2. The third-order valence-electron chi connectivity index (χ3n) is 6.88. The minimum absolute atomic E-state index is 0.0436. The van der Waals surface area contributed by atoms with Gasteiger partial charge in [-0.05, 0) is 37.6 Å². The van der Waals surface area contributed by atoms with Crippen LogP contribution >= 0.6 is 0 Å². The summed E-state index contributed by atoms with van der Waals surface area (Å²) in [6.45, 7) is 2.47. The van der Waals surface area contributed by atoms with Gasteiger partial charge in [0.15, 0.2) is 17.4 Å². The van der Waals surface area contributed by atoms with Crippen molar-refractivity contribution in [1.29, 1.82) is 0 Å². The average Bonchev–Trinajstić information content (AvgIpc) is 3.62. The Morgan fingerprint density at radius 2 is 2.00 bits per heavy atom. The second kappa shape index (κ2) is 10.4. The van der Waals surface area contributed by atoms with Gasteiger partial charge in [0, 0.05) is 46.6 Å². The summed E-state index contributed by atoms with van der Waals surface area (Å²) >= 11 is 0. The molecular formula is C30H24F3N3O4.